The van der Waals surface area contributed by atoms with Crippen molar-refractivity contribution in [2.24, 2.45) is 0 Å². The Morgan fingerprint density at radius 1 is 1.32 bits per heavy atom. The second-order valence-electron chi connectivity index (χ2n) is 4.94. The van der Waals surface area contributed by atoms with E-state index < -0.39 is 0 Å². The van der Waals surface area contributed by atoms with Crippen LogP contribution in [0.5, 0.6) is 0 Å². The molecule has 3 heterocycles. The number of halogens is 1. The van der Waals surface area contributed by atoms with Crippen molar-refractivity contribution in [1.82, 2.24) is 14.4 Å². The van der Waals surface area contributed by atoms with Crippen LogP contribution >= 0.6 is 27.7 Å². The summed E-state index contributed by atoms with van der Waals surface area (Å²) < 4.78 is 2.94. The van der Waals surface area contributed by atoms with Crippen LogP contribution in [0.15, 0.2) is 40.1 Å². The summed E-state index contributed by atoms with van der Waals surface area (Å²) in [6.07, 6.45) is 1.97. The number of fused-ring (bicyclic) bond motifs is 1. The standard InChI is InChI=1S/C16H13BrN4S/c1-10-7-11(2)19-16(12(10)8-18)22-9-13-15(17)21-6-4-3-5-14(21)20-13/h3-7H,9H2,1-2H3. The summed E-state index contributed by atoms with van der Waals surface area (Å²) in [7, 11) is 0. The van der Waals surface area contributed by atoms with Crippen LogP contribution in [-0.2, 0) is 5.75 Å². The summed E-state index contributed by atoms with van der Waals surface area (Å²) in [6.45, 7) is 3.89. The number of aryl methyl sites for hydroxylation is 2. The Bertz CT molecular complexity index is 895. The number of hydrogen-bond acceptors (Lipinski definition) is 4. The van der Waals surface area contributed by atoms with Crippen molar-refractivity contribution in [3.63, 3.8) is 0 Å². The summed E-state index contributed by atoms with van der Waals surface area (Å²) in [5.41, 5.74) is 4.38. The highest BCUT2D eigenvalue weighted by molar-refractivity contribution is 9.10. The zero-order valence-electron chi connectivity index (χ0n) is 12.2. The maximum Gasteiger partial charge on any atom is 0.137 e. The minimum absolute atomic E-state index is 0.649. The van der Waals surface area contributed by atoms with Crippen LogP contribution in [0, 0.1) is 25.2 Å². The van der Waals surface area contributed by atoms with E-state index in [2.05, 4.69) is 32.0 Å². The molecule has 0 unspecified atom stereocenters. The van der Waals surface area contributed by atoms with E-state index in [0.29, 0.717) is 11.3 Å². The van der Waals surface area contributed by atoms with Crippen LogP contribution in [0.2, 0.25) is 0 Å². The van der Waals surface area contributed by atoms with Gasteiger partial charge >= 0.3 is 0 Å². The number of aromatic nitrogens is 3. The van der Waals surface area contributed by atoms with Gasteiger partial charge in [0.1, 0.15) is 21.3 Å². The maximum absolute atomic E-state index is 9.32. The largest absolute Gasteiger partial charge is 0.294 e. The van der Waals surface area contributed by atoms with E-state index >= 15 is 0 Å². The van der Waals surface area contributed by atoms with E-state index in [9.17, 15) is 5.26 Å². The molecule has 0 saturated heterocycles. The van der Waals surface area contributed by atoms with Crippen LogP contribution in [-0.4, -0.2) is 14.4 Å². The lowest BCUT2D eigenvalue weighted by molar-refractivity contribution is 1.03. The fraction of sp³-hybridized carbons (Fsp3) is 0.188. The van der Waals surface area contributed by atoms with Crippen molar-refractivity contribution >= 4 is 33.3 Å². The SMILES string of the molecule is Cc1cc(C)c(C#N)c(SCc2nc3ccccn3c2Br)n1. The van der Waals surface area contributed by atoms with Crippen LogP contribution in [0.25, 0.3) is 5.65 Å². The zero-order valence-corrected chi connectivity index (χ0v) is 14.6. The number of hydrogen-bond donors (Lipinski definition) is 0. The molecule has 0 N–H and O–H groups in total. The molecule has 0 aliphatic rings. The van der Waals surface area contributed by atoms with Gasteiger partial charge in [0, 0.05) is 17.6 Å². The average molecular weight is 373 g/mol. The molecule has 110 valence electrons. The Hall–Kier alpha value is -1.84. The first-order valence-electron chi connectivity index (χ1n) is 6.72. The molecule has 0 aliphatic carbocycles. The molecule has 4 nitrogen and oxygen atoms in total. The Morgan fingerprint density at radius 3 is 2.86 bits per heavy atom. The fourth-order valence-electron chi connectivity index (χ4n) is 2.29. The number of nitriles is 1. The molecule has 0 aliphatic heterocycles. The number of thioether (sulfide) groups is 1. The summed E-state index contributed by atoms with van der Waals surface area (Å²) in [5.74, 6) is 0.660. The normalized spacial score (nSPS) is 10.8. The maximum atomic E-state index is 9.32. The lowest BCUT2D eigenvalue weighted by Gasteiger charge is -2.06. The van der Waals surface area contributed by atoms with E-state index in [1.165, 1.54) is 0 Å². The third-order valence-electron chi connectivity index (χ3n) is 3.31. The van der Waals surface area contributed by atoms with Gasteiger partial charge in [0.25, 0.3) is 0 Å². The summed E-state index contributed by atoms with van der Waals surface area (Å²) in [6, 6.07) is 10.1. The molecule has 0 bridgehead atoms. The topological polar surface area (TPSA) is 54.0 Å². The summed E-state index contributed by atoms with van der Waals surface area (Å²) >= 11 is 5.13. The van der Waals surface area contributed by atoms with Crippen LogP contribution in [0.3, 0.4) is 0 Å². The van der Waals surface area contributed by atoms with Crippen molar-refractivity contribution in [2.45, 2.75) is 24.6 Å². The highest BCUT2D eigenvalue weighted by atomic mass is 79.9. The lowest BCUT2D eigenvalue weighted by atomic mass is 10.1. The number of imidazole rings is 1. The van der Waals surface area contributed by atoms with Crippen molar-refractivity contribution in [1.29, 1.82) is 5.26 Å². The Morgan fingerprint density at radius 2 is 2.14 bits per heavy atom. The summed E-state index contributed by atoms with van der Waals surface area (Å²) in [4.78, 5) is 9.11. The fourth-order valence-corrected chi connectivity index (χ4v) is 4.03. The van der Waals surface area contributed by atoms with Gasteiger partial charge in [0.05, 0.1) is 11.3 Å². The average Bonchev–Trinajstić information content (AvgIpc) is 2.81. The van der Waals surface area contributed by atoms with E-state index in [4.69, 9.17) is 0 Å². The first-order valence-corrected chi connectivity index (χ1v) is 8.50. The Balaban J connectivity index is 1.92. The van der Waals surface area contributed by atoms with Gasteiger partial charge in [-0.15, -0.1) is 0 Å². The second kappa shape index (κ2) is 6.11. The zero-order chi connectivity index (χ0) is 15.7. The first kappa shape index (κ1) is 15.1. The van der Waals surface area contributed by atoms with Gasteiger partial charge < -0.3 is 0 Å². The predicted octanol–water partition coefficient (Wildman–Crippen LogP) is 4.27. The molecule has 0 fully saturated rings. The van der Waals surface area contributed by atoms with Gasteiger partial charge in [-0.25, -0.2) is 9.97 Å². The van der Waals surface area contributed by atoms with E-state index in [-0.39, 0.29) is 0 Å². The quantitative estimate of drug-likeness (QED) is 0.644. The molecule has 0 saturated carbocycles. The smallest absolute Gasteiger partial charge is 0.137 e. The molecule has 6 heteroatoms. The highest BCUT2D eigenvalue weighted by Gasteiger charge is 2.13. The van der Waals surface area contributed by atoms with Crippen LogP contribution in [0.4, 0.5) is 0 Å². The number of rotatable bonds is 3. The van der Waals surface area contributed by atoms with Crippen molar-refractivity contribution in [2.75, 3.05) is 0 Å². The third-order valence-corrected chi connectivity index (χ3v) is 5.13. The molecular formula is C16H13BrN4S. The monoisotopic (exact) mass is 372 g/mol. The van der Waals surface area contributed by atoms with E-state index in [1.807, 2.05) is 48.7 Å². The molecule has 3 aromatic heterocycles. The van der Waals surface area contributed by atoms with E-state index in [1.54, 1.807) is 11.8 Å². The van der Waals surface area contributed by atoms with Crippen LogP contribution in [0.1, 0.15) is 22.5 Å². The van der Waals surface area contributed by atoms with Crippen molar-refractivity contribution < 1.29 is 0 Å². The minimum atomic E-state index is 0.649. The van der Waals surface area contributed by atoms with Crippen LogP contribution < -0.4 is 0 Å². The summed E-state index contributed by atoms with van der Waals surface area (Å²) in [5, 5.41) is 10.1. The lowest BCUT2D eigenvalue weighted by Crippen LogP contribution is -1.95. The molecule has 0 atom stereocenters. The highest BCUT2D eigenvalue weighted by Crippen LogP contribution is 2.29. The molecule has 0 aromatic carbocycles. The number of nitrogens with zero attached hydrogens (tertiary/aromatic N) is 4. The molecule has 0 radical (unpaired) electrons. The van der Waals surface area contributed by atoms with Gasteiger partial charge in [-0.05, 0) is 53.5 Å². The first-order chi connectivity index (χ1) is 10.6. The molecule has 22 heavy (non-hydrogen) atoms. The predicted molar refractivity (Wildman–Crippen MR) is 90.9 cm³/mol. The van der Waals surface area contributed by atoms with Gasteiger partial charge in [-0.1, -0.05) is 17.8 Å². The van der Waals surface area contributed by atoms with Gasteiger partial charge in [0.15, 0.2) is 0 Å². The second-order valence-corrected chi connectivity index (χ2v) is 6.65. The van der Waals surface area contributed by atoms with Crippen molar-refractivity contribution in [3.8, 4) is 6.07 Å². The van der Waals surface area contributed by atoms with Gasteiger partial charge in [0.2, 0.25) is 0 Å². The van der Waals surface area contributed by atoms with Crippen molar-refractivity contribution in [3.05, 3.63) is 57.6 Å². The molecule has 3 aromatic rings. The van der Waals surface area contributed by atoms with E-state index in [0.717, 1.165) is 32.2 Å². The number of pyridine rings is 2. The molecule has 0 spiro atoms. The third kappa shape index (κ3) is 2.74. The van der Waals surface area contributed by atoms with Gasteiger partial charge in [-0.2, -0.15) is 5.26 Å². The molecule has 3 rings (SSSR count). The Labute approximate surface area is 141 Å². The Kier molecular flexibility index (Phi) is 4.19. The molecule has 0 amide bonds. The molecular weight excluding hydrogens is 360 g/mol. The van der Waals surface area contributed by atoms with Gasteiger partial charge in [-0.3, -0.25) is 4.40 Å². The minimum Gasteiger partial charge on any atom is -0.294 e.